The van der Waals surface area contributed by atoms with E-state index in [2.05, 4.69) is 41.5 Å². The van der Waals surface area contributed by atoms with Crippen LogP contribution in [0.3, 0.4) is 0 Å². The van der Waals surface area contributed by atoms with Crippen LogP contribution in [0.2, 0.25) is 0 Å². The van der Waals surface area contributed by atoms with Gasteiger partial charge in [0.15, 0.2) is 5.13 Å². The Morgan fingerprint density at radius 3 is 2.66 bits per heavy atom. The van der Waals surface area contributed by atoms with Crippen molar-refractivity contribution in [3.63, 3.8) is 0 Å². The van der Waals surface area contributed by atoms with Gasteiger partial charge in [0.25, 0.3) is 0 Å². The first-order valence-corrected chi connectivity index (χ1v) is 12.1. The molecule has 0 aliphatic heterocycles. The van der Waals surface area contributed by atoms with Gasteiger partial charge in [-0.15, -0.1) is 11.3 Å². The predicted octanol–water partition coefficient (Wildman–Crippen LogP) is 5.64. The summed E-state index contributed by atoms with van der Waals surface area (Å²) in [6.07, 6.45) is 3.32. The molecule has 3 N–H and O–H groups in total. The third-order valence-corrected chi connectivity index (χ3v) is 6.41. The number of nitrogens with two attached hydrogens (primary N) is 1. The monoisotopic (exact) mass is 489 g/mol. The summed E-state index contributed by atoms with van der Waals surface area (Å²) < 4.78 is 11.9. The summed E-state index contributed by atoms with van der Waals surface area (Å²) >= 11 is 1.24. The lowest BCUT2D eigenvalue weighted by molar-refractivity contribution is -0.117. The lowest BCUT2D eigenvalue weighted by Crippen LogP contribution is -2.14. The Kier molecular flexibility index (Phi) is 7.02. The molecule has 2 amide bonds. The number of aryl methyl sites for hydroxylation is 2. The second-order valence-corrected chi connectivity index (χ2v) is 9.17. The van der Waals surface area contributed by atoms with Crippen LogP contribution in [0.1, 0.15) is 36.2 Å². The molecule has 2 aromatic heterocycles. The van der Waals surface area contributed by atoms with Gasteiger partial charge in [-0.05, 0) is 44.9 Å². The van der Waals surface area contributed by atoms with Gasteiger partial charge >= 0.3 is 0 Å². The van der Waals surface area contributed by atoms with Crippen LogP contribution in [0.25, 0.3) is 27.7 Å². The van der Waals surface area contributed by atoms with E-state index in [-0.39, 0.29) is 12.3 Å². The van der Waals surface area contributed by atoms with Crippen molar-refractivity contribution in [2.45, 2.75) is 34.1 Å². The van der Waals surface area contributed by atoms with Gasteiger partial charge in [-0.3, -0.25) is 14.9 Å². The second kappa shape index (κ2) is 10.1. The molecule has 0 aliphatic rings. The molecule has 0 saturated carbocycles. The molecule has 0 bridgehead atoms. The Labute approximate surface area is 207 Å². The zero-order valence-corrected chi connectivity index (χ0v) is 20.9. The molecule has 0 unspecified atom stereocenters. The van der Waals surface area contributed by atoms with Crippen LogP contribution in [0.4, 0.5) is 5.13 Å². The summed E-state index contributed by atoms with van der Waals surface area (Å²) in [5.74, 6) is -0.111. The maximum atomic E-state index is 12.7. The molecule has 35 heavy (non-hydrogen) atoms. The zero-order chi connectivity index (χ0) is 25.1. The SMILES string of the molecule is CCOc1c(/C(C)=C/C(=O)Nc2nc(CC(N)=O)cs2)cc2c(-c3ccc(C)cc3)coc2c1C. The first-order valence-electron chi connectivity index (χ1n) is 11.2. The van der Waals surface area contributed by atoms with Crippen LogP contribution in [-0.4, -0.2) is 23.4 Å². The number of thiazole rings is 1. The molecule has 2 heterocycles. The number of ether oxygens (including phenoxy) is 1. The highest BCUT2D eigenvalue weighted by Crippen LogP contribution is 2.40. The van der Waals surface area contributed by atoms with Crippen molar-refractivity contribution in [2.24, 2.45) is 5.73 Å². The van der Waals surface area contributed by atoms with E-state index >= 15 is 0 Å². The molecule has 180 valence electrons. The number of aromatic nitrogens is 1. The Morgan fingerprint density at radius 2 is 1.97 bits per heavy atom. The molecule has 8 heteroatoms. The number of nitrogens with zero attached hydrogens (tertiary/aromatic N) is 1. The molecular weight excluding hydrogens is 462 g/mol. The Hall–Kier alpha value is -3.91. The first kappa shape index (κ1) is 24.2. The minimum Gasteiger partial charge on any atom is -0.493 e. The van der Waals surface area contributed by atoms with Crippen molar-refractivity contribution in [3.05, 3.63) is 70.4 Å². The average molecular weight is 490 g/mol. The lowest BCUT2D eigenvalue weighted by Gasteiger charge is -2.15. The highest BCUT2D eigenvalue weighted by Gasteiger charge is 2.19. The summed E-state index contributed by atoms with van der Waals surface area (Å²) in [7, 11) is 0. The predicted molar refractivity (Wildman–Crippen MR) is 140 cm³/mol. The number of allylic oxidation sites excluding steroid dienone is 1. The number of hydrogen-bond donors (Lipinski definition) is 2. The number of hydrogen-bond acceptors (Lipinski definition) is 6. The van der Waals surface area contributed by atoms with Crippen LogP contribution in [0.5, 0.6) is 5.75 Å². The van der Waals surface area contributed by atoms with E-state index < -0.39 is 5.91 Å². The molecule has 0 atom stereocenters. The van der Waals surface area contributed by atoms with Crippen molar-refractivity contribution >= 4 is 44.8 Å². The molecule has 0 radical (unpaired) electrons. The molecule has 4 rings (SSSR count). The van der Waals surface area contributed by atoms with Crippen molar-refractivity contribution in [1.82, 2.24) is 4.98 Å². The normalized spacial score (nSPS) is 11.6. The molecule has 0 spiro atoms. The fourth-order valence-electron chi connectivity index (χ4n) is 3.94. The number of rotatable bonds is 8. The average Bonchev–Trinajstić information content (AvgIpc) is 3.42. The second-order valence-electron chi connectivity index (χ2n) is 8.31. The van der Waals surface area contributed by atoms with Gasteiger partial charge in [-0.25, -0.2) is 4.98 Å². The standard InChI is InChI=1S/C27H27N3O4S/c1-5-33-25-17(4)26-21(22(13-34-26)18-8-6-15(2)7-9-18)12-20(25)16(3)10-24(32)30-27-29-19(14-35-27)11-23(28)31/h6-10,12-14H,5,11H2,1-4H3,(H2,28,31)(H,29,30,32)/b16-10+. The number of carbonyl (C=O) groups excluding carboxylic acids is 2. The van der Waals surface area contributed by atoms with Gasteiger partial charge in [0.05, 0.1) is 25.0 Å². The van der Waals surface area contributed by atoms with E-state index in [1.165, 1.54) is 23.0 Å². The van der Waals surface area contributed by atoms with E-state index in [0.29, 0.717) is 23.2 Å². The summed E-state index contributed by atoms with van der Waals surface area (Å²) in [6.45, 7) is 8.28. The van der Waals surface area contributed by atoms with E-state index in [1.54, 1.807) is 11.6 Å². The number of furan rings is 1. The molecule has 2 aromatic carbocycles. The highest BCUT2D eigenvalue weighted by atomic mass is 32.1. The number of benzene rings is 2. The molecular formula is C27H27N3O4S. The largest absolute Gasteiger partial charge is 0.493 e. The van der Waals surface area contributed by atoms with Crippen molar-refractivity contribution in [2.75, 3.05) is 11.9 Å². The quantitative estimate of drug-likeness (QED) is 0.311. The van der Waals surface area contributed by atoms with Gasteiger partial charge in [0.2, 0.25) is 11.8 Å². The highest BCUT2D eigenvalue weighted by molar-refractivity contribution is 7.14. The summed E-state index contributed by atoms with van der Waals surface area (Å²) in [5, 5.41) is 5.82. The lowest BCUT2D eigenvalue weighted by atomic mass is 9.96. The zero-order valence-electron chi connectivity index (χ0n) is 20.1. The van der Waals surface area contributed by atoms with Gasteiger partial charge < -0.3 is 14.9 Å². The Morgan fingerprint density at radius 1 is 1.23 bits per heavy atom. The van der Waals surface area contributed by atoms with Gasteiger partial charge in [-0.2, -0.15) is 0 Å². The van der Waals surface area contributed by atoms with Crippen LogP contribution >= 0.6 is 11.3 Å². The molecule has 0 aliphatic carbocycles. The third-order valence-electron chi connectivity index (χ3n) is 5.60. The van der Waals surface area contributed by atoms with Crippen molar-refractivity contribution < 1.29 is 18.7 Å². The van der Waals surface area contributed by atoms with E-state index in [1.807, 2.05) is 26.8 Å². The summed E-state index contributed by atoms with van der Waals surface area (Å²) in [5.41, 5.74) is 12.1. The van der Waals surface area contributed by atoms with E-state index in [9.17, 15) is 9.59 Å². The van der Waals surface area contributed by atoms with Crippen LogP contribution < -0.4 is 15.8 Å². The van der Waals surface area contributed by atoms with E-state index in [0.717, 1.165) is 38.8 Å². The third kappa shape index (κ3) is 5.27. The number of nitrogens with one attached hydrogen (secondary N) is 1. The number of anilines is 1. The topological polar surface area (TPSA) is 107 Å². The smallest absolute Gasteiger partial charge is 0.250 e. The Balaban J connectivity index is 1.70. The number of carbonyl (C=O) groups is 2. The molecule has 7 nitrogen and oxygen atoms in total. The maximum Gasteiger partial charge on any atom is 0.250 e. The Bertz CT molecular complexity index is 1430. The van der Waals surface area contributed by atoms with Crippen molar-refractivity contribution in [3.8, 4) is 16.9 Å². The van der Waals surface area contributed by atoms with Crippen LogP contribution in [-0.2, 0) is 16.0 Å². The fourth-order valence-corrected chi connectivity index (χ4v) is 4.65. The van der Waals surface area contributed by atoms with Crippen molar-refractivity contribution in [1.29, 1.82) is 0 Å². The summed E-state index contributed by atoms with van der Waals surface area (Å²) in [6, 6.07) is 10.3. The maximum absolute atomic E-state index is 12.7. The molecule has 4 aromatic rings. The molecule has 0 saturated heterocycles. The fraction of sp³-hybridized carbons (Fsp3) is 0.222. The van der Waals surface area contributed by atoms with Gasteiger partial charge in [0, 0.05) is 33.5 Å². The van der Waals surface area contributed by atoms with Crippen LogP contribution in [0, 0.1) is 13.8 Å². The first-order chi connectivity index (χ1) is 16.8. The van der Waals surface area contributed by atoms with Gasteiger partial charge in [0.1, 0.15) is 11.3 Å². The number of amides is 2. The minimum atomic E-state index is -0.470. The van der Waals surface area contributed by atoms with Gasteiger partial charge in [-0.1, -0.05) is 29.8 Å². The summed E-state index contributed by atoms with van der Waals surface area (Å²) in [4.78, 5) is 28.1. The number of fused-ring (bicyclic) bond motifs is 1. The minimum absolute atomic E-state index is 0.0340. The van der Waals surface area contributed by atoms with Crippen LogP contribution in [0.15, 0.2) is 52.5 Å². The molecule has 0 fully saturated rings. The number of primary amides is 1. The van der Waals surface area contributed by atoms with E-state index in [4.69, 9.17) is 14.9 Å².